The largest absolute Gasteiger partial charge is 0.345 e. The summed E-state index contributed by atoms with van der Waals surface area (Å²) in [5.74, 6) is 0.139. The second-order valence-corrected chi connectivity index (χ2v) is 7.63. The van der Waals surface area contributed by atoms with E-state index in [0.717, 1.165) is 35.9 Å². The van der Waals surface area contributed by atoms with E-state index < -0.39 is 0 Å². The Morgan fingerprint density at radius 3 is 2.44 bits per heavy atom. The summed E-state index contributed by atoms with van der Waals surface area (Å²) in [4.78, 5) is 30.3. The summed E-state index contributed by atoms with van der Waals surface area (Å²) < 4.78 is 2.19. The number of unbranched alkanes of at least 4 members (excludes halogenated alkanes) is 1. The fourth-order valence-corrected chi connectivity index (χ4v) is 3.51. The number of rotatable bonds is 8. The number of amides is 2. The van der Waals surface area contributed by atoms with Crippen LogP contribution in [-0.4, -0.2) is 46.1 Å². The Balaban J connectivity index is 1.95. The van der Waals surface area contributed by atoms with Crippen LogP contribution in [0.2, 0.25) is 0 Å². The third-order valence-corrected chi connectivity index (χ3v) is 5.29. The lowest BCUT2D eigenvalue weighted by molar-refractivity contribution is -0.113. The van der Waals surface area contributed by atoms with Crippen molar-refractivity contribution in [3.8, 4) is 0 Å². The summed E-state index contributed by atoms with van der Waals surface area (Å²) in [5, 5.41) is 3.76. The Morgan fingerprint density at radius 2 is 1.85 bits per heavy atom. The van der Waals surface area contributed by atoms with Crippen molar-refractivity contribution in [3.05, 3.63) is 41.2 Å². The molecule has 1 N–H and O–H groups in total. The first-order chi connectivity index (χ1) is 12.8. The topological polar surface area (TPSA) is 67.2 Å². The van der Waals surface area contributed by atoms with Crippen LogP contribution in [0.1, 0.15) is 41.5 Å². The van der Waals surface area contributed by atoms with E-state index in [9.17, 15) is 9.59 Å². The fraction of sp³-hybridized carbons (Fsp3) is 0.450. The molecule has 1 heterocycles. The van der Waals surface area contributed by atoms with Crippen LogP contribution in [0, 0.1) is 13.8 Å². The van der Waals surface area contributed by atoms with E-state index >= 15 is 0 Å². The number of nitrogens with zero attached hydrogens (tertiary/aromatic N) is 3. The Morgan fingerprint density at radius 1 is 1.19 bits per heavy atom. The van der Waals surface area contributed by atoms with Gasteiger partial charge in [0.1, 0.15) is 0 Å². The fourth-order valence-electron chi connectivity index (χ4n) is 2.59. The molecule has 27 heavy (non-hydrogen) atoms. The molecular formula is C20H28N4O2S. The van der Waals surface area contributed by atoms with Crippen LogP contribution in [0.3, 0.4) is 0 Å². The third-order valence-electron chi connectivity index (χ3n) is 4.31. The van der Waals surface area contributed by atoms with E-state index in [4.69, 9.17) is 0 Å². The summed E-state index contributed by atoms with van der Waals surface area (Å²) >= 11 is 1.45. The zero-order valence-electron chi connectivity index (χ0n) is 16.7. The van der Waals surface area contributed by atoms with Gasteiger partial charge in [0.2, 0.25) is 5.91 Å². The summed E-state index contributed by atoms with van der Waals surface area (Å²) in [6, 6.07) is 6.93. The quantitative estimate of drug-likeness (QED) is 0.700. The molecule has 0 saturated heterocycles. The van der Waals surface area contributed by atoms with E-state index in [0.29, 0.717) is 17.0 Å². The number of hydrogen-bond donors (Lipinski definition) is 1. The first-order valence-electron chi connectivity index (χ1n) is 9.11. The van der Waals surface area contributed by atoms with Crippen molar-refractivity contribution in [3.63, 3.8) is 0 Å². The summed E-state index contributed by atoms with van der Waals surface area (Å²) in [7, 11) is 3.42. The van der Waals surface area contributed by atoms with Crippen LogP contribution < -0.4 is 5.32 Å². The summed E-state index contributed by atoms with van der Waals surface area (Å²) in [6.45, 7) is 7.16. The number of carbonyl (C=O) groups excluding carboxylic acids is 2. The number of aromatic nitrogens is 2. The molecule has 7 heteroatoms. The minimum atomic E-state index is -0.0907. The van der Waals surface area contributed by atoms with Crippen LogP contribution in [0.25, 0.3) is 0 Å². The highest BCUT2D eigenvalue weighted by molar-refractivity contribution is 7.99. The predicted molar refractivity (Wildman–Crippen MR) is 110 cm³/mol. The van der Waals surface area contributed by atoms with Gasteiger partial charge in [-0.1, -0.05) is 25.1 Å². The maximum absolute atomic E-state index is 12.3. The number of benzene rings is 1. The molecule has 1 aromatic carbocycles. The van der Waals surface area contributed by atoms with Gasteiger partial charge in [0.25, 0.3) is 5.91 Å². The van der Waals surface area contributed by atoms with E-state index in [1.54, 1.807) is 38.4 Å². The van der Waals surface area contributed by atoms with Crippen LogP contribution in [-0.2, 0) is 11.3 Å². The van der Waals surface area contributed by atoms with Crippen molar-refractivity contribution in [2.24, 2.45) is 0 Å². The zero-order chi connectivity index (χ0) is 20.0. The van der Waals surface area contributed by atoms with Gasteiger partial charge in [-0.2, -0.15) is 0 Å². The lowest BCUT2D eigenvalue weighted by Gasteiger charge is -2.11. The van der Waals surface area contributed by atoms with E-state index in [2.05, 4.69) is 28.7 Å². The maximum Gasteiger partial charge on any atom is 0.253 e. The molecular weight excluding hydrogens is 360 g/mol. The predicted octanol–water partition coefficient (Wildman–Crippen LogP) is 3.73. The van der Waals surface area contributed by atoms with Crippen molar-refractivity contribution in [2.45, 2.75) is 45.3 Å². The lowest BCUT2D eigenvalue weighted by atomic mass is 10.2. The Hall–Kier alpha value is -2.28. The van der Waals surface area contributed by atoms with Crippen LogP contribution in [0.4, 0.5) is 5.69 Å². The summed E-state index contributed by atoms with van der Waals surface area (Å²) in [5.41, 5.74) is 3.44. The van der Waals surface area contributed by atoms with Crippen molar-refractivity contribution in [1.82, 2.24) is 14.5 Å². The van der Waals surface area contributed by atoms with Crippen LogP contribution in [0.5, 0.6) is 0 Å². The highest BCUT2D eigenvalue weighted by Crippen LogP contribution is 2.22. The Bertz CT molecular complexity index is 797. The van der Waals surface area contributed by atoms with Gasteiger partial charge in [0.15, 0.2) is 5.16 Å². The first kappa shape index (κ1) is 21.0. The number of anilines is 1. The highest BCUT2D eigenvalue weighted by Gasteiger charge is 2.13. The van der Waals surface area contributed by atoms with E-state index in [1.807, 2.05) is 6.92 Å². The van der Waals surface area contributed by atoms with Gasteiger partial charge >= 0.3 is 0 Å². The molecule has 2 rings (SSSR count). The van der Waals surface area contributed by atoms with Gasteiger partial charge < -0.3 is 14.8 Å². The molecule has 0 aliphatic carbocycles. The van der Waals surface area contributed by atoms with Crippen molar-refractivity contribution in [1.29, 1.82) is 0 Å². The van der Waals surface area contributed by atoms with Crippen molar-refractivity contribution >= 4 is 29.3 Å². The Labute approximate surface area is 165 Å². The number of aryl methyl sites for hydroxylation is 1. The molecule has 0 atom stereocenters. The molecule has 0 fully saturated rings. The molecule has 0 aliphatic rings. The molecule has 0 radical (unpaired) electrons. The lowest BCUT2D eigenvalue weighted by Crippen LogP contribution is -2.21. The van der Waals surface area contributed by atoms with Crippen LogP contribution in [0.15, 0.2) is 29.4 Å². The number of thioether (sulfide) groups is 1. The number of hydrogen-bond acceptors (Lipinski definition) is 4. The van der Waals surface area contributed by atoms with Crippen molar-refractivity contribution < 1.29 is 9.59 Å². The second kappa shape index (κ2) is 9.60. The number of imidazole rings is 1. The SMILES string of the molecule is CCCCn1c(SCC(=O)Nc2ccc(C(=O)N(C)C)cc2)nc(C)c1C. The van der Waals surface area contributed by atoms with Gasteiger partial charge in [-0.15, -0.1) is 0 Å². The average Bonchev–Trinajstić information content (AvgIpc) is 2.92. The molecule has 0 aliphatic heterocycles. The minimum Gasteiger partial charge on any atom is -0.345 e. The van der Waals surface area contributed by atoms with Gasteiger partial charge in [-0.05, 0) is 44.5 Å². The van der Waals surface area contributed by atoms with E-state index in [-0.39, 0.29) is 11.8 Å². The van der Waals surface area contributed by atoms with Gasteiger partial charge in [0, 0.05) is 37.6 Å². The highest BCUT2D eigenvalue weighted by atomic mass is 32.2. The zero-order valence-corrected chi connectivity index (χ0v) is 17.5. The van der Waals surface area contributed by atoms with Crippen LogP contribution >= 0.6 is 11.8 Å². The molecule has 0 bridgehead atoms. The summed E-state index contributed by atoms with van der Waals surface area (Å²) in [6.07, 6.45) is 2.21. The molecule has 0 unspecified atom stereocenters. The molecule has 1 aromatic heterocycles. The maximum atomic E-state index is 12.3. The molecule has 2 aromatic rings. The third kappa shape index (κ3) is 5.60. The monoisotopic (exact) mass is 388 g/mol. The van der Waals surface area contributed by atoms with Gasteiger partial charge in [-0.25, -0.2) is 4.98 Å². The first-order valence-corrected chi connectivity index (χ1v) is 10.1. The normalized spacial score (nSPS) is 10.7. The standard InChI is InChI=1S/C20H28N4O2S/c1-6-7-12-24-15(3)14(2)21-20(24)27-13-18(25)22-17-10-8-16(9-11-17)19(26)23(4)5/h8-11H,6-7,12-13H2,1-5H3,(H,22,25). The Kier molecular flexibility index (Phi) is 7.47. The average molecular weight is 389 g/mol. The minimum absolute atomic E-state index is 0.0620. The van der Waals surface area contributed by atoms with Gasteiger partial charge in [0.05, 0.1) is 11.4 Å². The molecule has 6 nitrogen and oxygen atoms in total. The molecule has 2 amide bonds. The molecule has 0 saturated carbocycles. The number of carbonyl (C=O) groups is 2. The molecule has 0 spiro atoms. The van der Waals surface area contributed by atoms with E-state index in [1.165, 1.54) is 16.7 Å². The number of nitrogens with one attached hydrogen (secondary N) is 1. The van der Waals surface area contributed by atoms with Crippen molar-refractivity contribution in [2.75, 3.05) is 25.2 Å². The smallest absolute Gasteiger partial charge is 0.253 e. The molecule has 146 valence electrons. The van der Waals surface area contributed by atoms with Gasteiger partial charge in [-0.3, -0.25) is 9.59 Å². The second-order valence-electron chi connectivity index (χ2n) is 6.68.